The number of aromatic nitrogens is 5. The van der Waals surface area contributed by atoms with Crippen LogP contribution in [0.25, 0.3) is 21.9 Å². The lowest BCUT2D eigenvalue weighted by molar-refractivity contribution is 0.872. The Hall–Kier alpha value is -2.04. The first kappa shape index (κ1) is 10.1. The molecule has 0 spiro atoms. The lowest BCUT2D eigenvalue weighted by Gasteiger charge is -2.04. The topological polar surface area (TPSA) is 56.5 Å². The van der Waals surface area contributed by atoms with Crippen LogP contribution >= 0.6 is 0 Å². The molecule has 0 amide bonds. The molecular formula is C12H13N5. The summed E-state index contributed by atoms with van der Waals surface area (Å²) in [6, 6.07) is 0. The van der Waals surface area contributed by atoms with Gasteiger partial charge in [-0.2, -0.15) is 10.2 Å². The molecule has 0 aromatic carbocycles. The van der Waals surface area contributed by atoms with Gasteiger partial charge in [0.2, 0.25) is 0 Å². The minimum absolute atomic E-state index is 0.899. The average molecular weight is 227 g/mol. The Morgan fingerprint density at radius 1 is 1.06 bits per heavy atom. The van der Waals surface area contributed by atoms with E-state index in [1.807, 2.05) is 32.4 Å². The summed E-state index contributed by atoms with van der Waals surface area (Å²) in [7, 11) is 1.98. The second-order valence-electron chi connectivity index (χ2n) is 4.31. The van der Waals surface area contributed by atoms with Crippen LogP contribution in [0, 0.1) is 20.8 Å². The quantitative estimate of drug-likeness (QED) is 0.588. The van der Waals surface area contributed by atoms with Crippen molar-refractivity contribution in [2.75, 3.05) is 0 Å². The number of nitrogens with zero attached hydrogens (tertiary/aromatic N) is 5. The molecule has 17 heavy (non-hydrogen) atoms. The molecule has 3 aromatic rings. The highest BCUT2D eigenvalue weighted by molar-refractivity contribution is 6.04. The van der Waals surface area contributed by atoms with Crippen molar-refractivity contribution < 1.29 is 0 Å². The molecule has 86 valence electrons. The first-order valence-corrected chi connectivity index (χ1v) is 5.51. The fourth-order valence-electron chi connectivity index (χ4n) is 2.17. The number of hydrogen-bond donors (Lipinski definition) is 0. The zero-order chi connectivity index (χ0) is 12.2. The van der Waals surface area contributed by atoms with Gasteiger partial charge in [-0.25, -0.2) is 9.97 Å². The molecule has 3 rings (SSSR count). The number of aryl methyl sites for hydroxylation is 4. The number of rotatable bonds is 0. The smallest absolute Gasteiger partial charge is 0.160 e. The van der Waals surface area contributed by atoms with Crippen molar-refractivity contribution in [1.82, 2.24) is 24.7 Å². The highest BCUT2D eigenvalue weighted by Gasteiger charge is 2.14. The molecule has 5 heteroatoms. The third kappa shape index (κ3) is 1.25. The Kier molecular flexibility index (Phi) is 1.92. The first-order valence-electron chi connectivity index (χ1n) is 5.51. The predicted octanol–water partition coefficient (Wildman–Crippen LogP) is 1.84. The second kappa shape index (κ2) is 3.23. The van der Waals surface area contributed by atoms with Crippen molar-refractivity contribution in [3.8, 4) is 0 Å². The molecule has 0 aliphatic carbocycles. The van der Waals surface area contributed by atoms with Crippen LogP contribution in [0.1, 0.15) is 17.2 Å². The van der Waals surface area contributed by atoms with E-state index in [4.69, 9.17) is 0 Å². The van der Waals surface area contributed by atoms with Gasteiger partial charge >= 0.3 is 0 Å². The van der Waals surface area contributed by atoms with E-state index in [-0.39, 0.29) is 0 Å². The molecular weight excluding hydrogens is 214 g/mol. The third-order valence-corrected chi connectivity index (χ3v) is 3.21. The second-order valence-corrected chi connectivity index (χ2v) is 4.31. The summed E-state index contributed by atoms with van der Waals surface area (Å²) in [5.41, 5.74) is 3.69. The van der Waals surface area contributed by atoms with Crippen molar-refractivity contribution in [1.29, 1.82) is 0 Å². The maximum Gasteiger partial charge on any atom is 0.160 e. The van der Waals surface area contributed by atoms with Crippen molar-refractivity contribution in [2.24, 2.45) is 7.05 Å². The highest BCUT2D eigenvalue weighted by Crippen LogP contribution is 2.26. The van der Waals surface area contributed by atoms with E-state index in [0.29, 0.717) is 0 Å². The first-order chi connectivity index (χ1) is 8.09. The van der Waals surface area contributed by atoms with Crippen LogP contribution in [0.5, 0.6) is 0 Å². The largest absolute Gasteiger partial charge is 0.316 e. The molecule has 3 aromatic heterocycles. The van der Waals surface area contributed by atoms with Gasteiger partial charge in [0, 0.05) is 23.5 Å². The molecule has 0 atom stereocenters. The zero-order valence-electron chi connectivity index (χ0n) is 10.3. The summed E-state index contributed by atoms with van der Waals surface area (Å²) >= 11 is 0. The van der Waals surface area contributed by atoms with Crippen molar-refractivity contribution in [3.05, 3.63) is 23.4 Å². The van der Waals surface area contributed by atoms with Gasteiger partial charge in [-0.05, 0) is 20.8 Å². The van der Waals surface area contributed by atoms with Crippen LogP contribution in [0.4, 0.5) is 0 Å². The van der Waals surface area contributed by atoms with Crippen molar-refractivity contribution in [2.45, 2.75) is 20.8 Å². The molecule has 0 bridgehead atoms. The lowest BCUT2D eigenvalue weighted by atomic mass is 10.1. The Morgan fingerprint density at radius 3 is 2.59 bits per heavy atom. The number of hydrogen-bond acceptors (Lipinski definition) is 4. The Morgan fingerprint density at radius 2 is 1.82 bits per heavy atom. The summed E-state index contributed by atoms with van der Waals surface area (Å²) in [4.78, 5) is 9.17. The Bertz CT molecular complexity index is 742. The minimum Gasteiger partial charge on any atom is -0.316 e. The summed E-state index contributed by atoms with van der Waals surface area (Å²) in [5, 5.41) is 10.2. The van der Waals surface area contributed by atoms with Crippen LogP contribution < -0.4 is 0 Å². The molecule has 5 nitrogen and oxygen atoms in total. The Balaban J connectivity index is 2.67. The van der Waals surface area contributed by atoms with Crippen molar-refractivity contribution in [3.63, 3.8) is 0 Å². The van der Waals surface area contributed by atoms with Crippen LogP contribution in [0.3, 0.4) is 0 Å². The SMILES string of the molecule is Cc1nc2c(nc(C)n2C)c2c(C)nncc12. The standard InChI is InChI=1S/C12H13N5/c1-6-9-5-13-16-7(2)10(9)11-12(14-6)17(4)8(3)15-11/h5H,1-4H3. The predicted molar refractivity (Wildman–Crippen MR) is 65.8 cm³/mol. The zero-order valence-corrected chi connectivity index (χ0v) is 10.3. The van der Waals surface area contributed by atoms with Gasteiger partial charge in [-0.3, -0.25) is 0 Å². The molecule has 0 unspecified atom stereocenters. The maximum absolute atomic E-state index is 4.60. The Labute approximate surface area is 98.5 Å². The van der Waals surface area contributed by atoms with E-state index in [0.717, 1.165) is 39.1 Å². The molecule has 0 fully saturated rings. The molecule has 0 radical (unpaired) electrons. The van der Waals surface area contributed by atoms with Crippen molar-refractivity contribution >= 4 is 21.9 Å². The van der Waals surface area contributed by atoms with Gasteiger partial charge < -0.3 is 4.57 Å². The van der Waals surface area contributed by atoms with Crippen LogP contribution in [0.2, 0.25) is 0 Å². The summed E-state index contributed by atoms with van der Waals surface area (Å²) in [6.45, 7) is 5.93. The van der Waals surface area contributed by atoms with E-state index in [1.54, 1.807) is 6.20 Å². The van der Waals surface area contributed by atoms with Gasteiger partial charge in [0.05, 0.1) is 11.9 Å². The van der Waals surface area contributed by atoms with E-state index < -0.39 is 0 Å². The summed E-state index contributed by atoms with van der Waals surface area (Å²) < 4.78 is 2.00. The highest BCUT2D eigenvalue weighted by atomic mass is 15.1. The molecule has 0 saturated carbocycles. The number of fused-ring (bicyclic) bond motifs is 3. The van der Waals surface area contributed by atoms with E-state index in [9.17, 15) is 0 Å². The molecule has 0 aliphatic heterocycles. The normalized spacial score (nSPS) is 11.5. The molecule has 3 heterocycles. The van der Waals surface area contributed by atoms with Gasteiger partial charge in [-0.1, -0.05) is 0 Å². The van der Waals surface area contributed by atoms with E-state index in [1.165, 1.54) is 0 Å². The summed E-state index contributed by atoms with van der Waals surface area (Å²) in [5.74, 6) is 0.954. The summed E-state index contributed by atoms with van der Waals surface area (Å²) in [6.07, 6.45) is 1.76. The van der Waals surface area contributed by atoms with Crippen LogP contribution in [0.15, 0.2) is 6.20 Å². The number of imidazole rings is 1. The maximum atomic E-state index is 4.60. The van der Waals surface area contributed by atoms with Gasteiger partial charge in [-0.15, -0.1) is 0 Å². The number of pyridine rings is 1. The molecule has 0 aliphatic rings. The van der Waals surface area contributed by atoms with E-state index >= 15 is 0 Å². The van der Waals surface area contributed by atoms with Crippen LogP contribution in [-0.4, -0.2) is 24.7 Å². The van der Waals surface area contributed by atoms with Gasteiger partial charge in [0.1, 0.15) is 11.3 Å². The minimum atomic E-state index is 0.899. The fraction of sp³-hybridized carbons (Fsp3) is 0.333. The van der Waals surface area contributed by atoms with Gasteiger partial charge in [0.15, 0.2) is 5.65 Å². The van der Waals surface area contributed by atoms with E-state index in [2.05, 4.69) is 20.2 Å². The van der Waals surface area contributed by atoms with Gasteiger partial charge in [0.25, 0.3) is 0 Å². The third-order valence-electron chi connectivity index (χ3n) is 3.21. The average Bonchev–Trinajstić information content (AvgIpc) is 2.57. The van der Waals surface area contributed by atoms with Crippen LogP contribution in [-0.2, 0) is 7.05 Å². The monoisotopic (exact) mass is 227 g/mol. The lowest BCUT2D eigenvalue weighted by Crippen LogP contribution is -1.96. The molecule has 0 N–H and O–H groups in total. The molecule has 0 saturated heterocycles. The fourth-order valence-corrected chi connectivity index (χ4v) is 2.17.